The summed E-state index contributed by atoms with van der Waals surface area (Å²) >= 11 is 5.76. The van der Waals surface area contributed by atoms with Crippen molar-refractivity contribution in [2.45, 2.75) is 19.5 Å². The van der Waals surface area contributed by atoms with Crippen LogP contribution < -0.4 is 10.2 Å². The second-order valence-electron chi connectivity index (χ2n) is 6.93. The second-order valence-corrected chi connectivity index (χ2v) is 7.37. The van der Waals surface area contributed by atoms with Crippen molar-refractivity contribution in [3.63, 3.8) is 0 Å². The molecule has 0 bridgehead atoms. The maximum Gasteiger partial charge on any atom is 0.241 e. The van der Waals surface area contributed by atoms with Gasteiger partial charge in [0, 0.05) is 30.3 Å². The highest BCUT2D eigenvalue weighted by Crippen LogP contribution is 2.24. The largest absolute Gasteiger partial charge is 0.378 e. The van der Waals surface area contributed by atoms with Gasteiger partial charge in [-0.05, 0) is 43.8 Å². The fraction of sp³-hybridized carbons (Fsp3) is 0.381. The van der Waals surface area contributed by atoms with Crippen molar-refractivity contribution in [2.24, 2.45) is 0 Å². The van der Waals surface area contributed by atoms with E-state index in [0.29, 0.717) is 11.6 Å². The molecule has 1 heterocycles. The smallest absolute Gasteiger partial charge is 0.241 e. The molecule has 0 radical (unpaired) electrons. The Morgan fingerprint density at radius 2 is 2.00 bits per heavy atom. The summed E-state index contributed by atoms with van der Waals surface area (Å²) < 4.78 is 19.4. The quantitative estimate of drug-likeness (QED) is 0.794. The van der Waals surface area contributed by atoms with E-state index in [0.717, 1.165) is 37.6 Å². The molecule has 0 saturated carbocycles. The first-order valence-corrected chi connectivity index (χ1v) is 9.70. The number of anilines is 2. The number of para-hydroxylation sites is 1. The molecule has 0 aromatic heterocycles. The molecule has 0 aliphatic carbocycles. The van der Waals surface area contributed by atoms with Crippen LogP contribution >= 0.6 is 11.6 Å². The van der Waals surface area contributed by atoms with Crippen LogP contribution in [0, 0.1) is 5.82 Å². The minimum absolute atomic E-state index is 0.128. The lowest BCUT2D eigenvalue weighted by Gasteiger charge is -2.32. The Kier molecular flexibility index (Phi) is 6.88. The first kappa shape index (κ1) is 20.6. The molecule has 0 spiro atoms. The van der Waals surface area contributed by atoms with Crippen LogP contribution in [0.3, 0.4) is 0 Å². The van der Waals surface area contributed by atoms with E-state index in [-0.39, 0.29) is 11.6 Å². The molecule has 1 amide bonds. The van der Waals surface area contributed by atoms with Gasteiger partial charge in [-0.3, -0.25) is 9.69 Å². The SMILES string of the molecule is C[C@@H](C(=O)Nc1ccc(Cl)cc1F)N(C)Cc1ccccc1N1CCOCC1. The Balaban J connectivity index is 1.67. The van der Waals surface area contributed by atoms with E-state index in [4.69, 9.17) is 16.3 Å². The molecule has 0 unspecified atom stereocenters. The van der Waals surface area contributed by atoms with Gasteiger partial charge in [-0.25, -0.2) is 4.39 Å². The Morgan fingerprint density at radius 3 is 2.71 bits per heavy atom. The average molecular weight is 406 g/mol. The van der Waals surface area contributed by atoms with Gasteiger partial charge in [-0.2, -0.15) is 0 Å². The number of benzene rings is 2. The van der Waals surface area contributed by atoms with Crippen molar-refractivity contribution in [3.8, 4) is 0 Å². The zero-order valence-corrected chi connectivity index (χ0v) is 16.9. The van der Waals surface area contributed by atoms with Crippen molar-refractivity contribution in [2.75, 3.05) is 43.6 Å². The first-order valence-electron chi connectivity index (χ1n) is 9.32. The zero-order chi connectivity index (χ0) is 20.1. The molecule has 150 valence electrons. The number of ether oxygens (including phenoxy) is 1. The fourth-order valence-corrected chi connectivity index (χ4v) is 3.35. The van der Waals surface area contributed by atoms with Crippen molar-refractivity contribution >= 4 is 28.9 Å². The molecule has 5 nitrogen and oxygen atoms in total. The van der Waals surface area contributed by atoms with Crippen LogP contribution in [-0.2, 0) is 16.1 Å². The molecule has 2 aromatic rings. The number of nitrogens with zero attached hydrogens (tertiary/aromatic N) is 2. The highest BCUT2D eigenvalue weighted by atomic mass is 35.5. The molecule has 1 aliphatic heterocycles. The van der Waals surface area contributed by atoms with Gasteiger partial charge in [0.05, 0.1) is 24.9 Å². The summed E-state index contributed by atoms with van der Waals surface area (Å²) in [5, 5.41) is 2.93. The number of morpholine rings is 1. The molecule has 1 N–H and O–H groups in total. The van der Waals surface area contributed by atoms with Crippen LogP contribution in [-0.4, -0.2) is 50.2 Å². The third-order valence-electron chi connectivity index (χ3n) is 4.99. The summed E-state index contributed by atoms with van der Waals surface area (Å²) in [5.74, 6) is -0.819. The average Bonchev–Trinajstić information content (AvgIpc) is 2.70. The lowest BCUT2D eigenvalue weighted by Crippen LogP contribution is -2.40. The Hall–Kier alpha value is -2.15. The summed E-state index contributed by atoms with van der Waals surface area (Å²) in [6, 6.07) is 12.0. The van der Waals surface area contributed by atoms with E-state index in [2.05, 4.69) is 22.3 Å². The third-order valence-corrected chi connectivity index (χ3v) is 5.23. The minimum Gasteiger partial charge on any atom is -0.378 e. The molecule has 1 fully saturated rings. The summed E-state index contributed by atoms with van der Waals surface area (Å²) in [6.45, 7) is 5.55. The molecule has 7 heteroatoms. The van der Waals surface area contributed by atoms with Crippen molar-refractivity contribution in [3.05, 3.63) is 58.9 Å². The van der Waals surface area contributed by atoms with E-state index in [9.17, 15) is 9.18 Å². The summed E-state index contributed by atoms with van der Waals surface area (Å²) in [7, 11) is 1.89. The van der Waals surface area contributed by atoms with Gasteiger partial charge in [-0.1, -0.05) is 29.8 Å². The van der Waals surface area contributed by atoms with E-state index in [1.54, 1.807) is 13.0 Å². The number of carbonyl (C=O) groups is 1. The maximum atomic E-state index is 14.0. The van der Waals surface area contributed by atoms with Crippen LogP contribution in [0.25, 0.3) is 0 Å². The second kappa shape index (κ2) is 9.37. The minimum atomic E-state index is -0.548. The molecule has 1 atom stereocenters. The standard InChI is InChI=1S/C21H25ClFN3O2/c1-15(21(27)24-19-8-7-17(22)13-18(19)23)25(2)14-16-5-3-4-6-20(16)26-9-11-28-12-10-26/h3-8,13,15H,9-12,14H2,1-2H3,(H,24,27)/t15-/m0/s1. The lowest BCUT2D eigenvalue weighted by molar-refractivity contribution is -0.120. The van der Waals surface area contributed by atoms with Crippen molar-refractivity contribution in [1.29, 1.82) is 0 Å². The predicted molar refractivity (Wildman–Crippen MR) is 110 cm³/mol. The van der Waals surface area contributed by atoms with Gasteiger partial charge in [0.2, 0.25) is 5.91 Å². The Labute approximate surface area is 170 Å². The monoisotopic (exact) mass is 405 g/mol. The van der Waals surface area contributed by atoms with Crippen LogP contribution in [0.5, 0.6) is 0 Å². The van der Waals surface area contributed by atoms with E-state index >= 15 is 0 Å². The van der Waals surface area contributed by atoms with E-state index in [1.165, 1.54) is 12.1 Å². The van der Waals surface area contributed by atoms with Gasteiger partial charge in [0.15, 0.2) is 0 Å². The number of rotatable bonds is 6. The zero-order valence-electron chi connectivity index (χ0n) is 16.1. The van der Waals surface area contributed by atoms with Crippen LogP contribution in [0.2, 0.25) is 5.02 Å². The number of nitrogens with one attached hydrogen (secondary N) is 1. The number of hydrogen-bond acceptors (Lipinski definition) is 4. The van der Waals surface area contributed by atoms with Gasteiger partial charge in [0.25, 0.3) is 0 Å². The highest BCUT2D eigenvalue weighted by Gasteiger charge is 2.21. The maximum absolute atomic E-state index is 14.0. The number of carbonyl (C=O) groups excluding carboxylic acids is 1. The molecule has 1 saturated heterocycles. The molecule has 3 rings (SSSR count). The first-order chi connectivity index (χ1) is 13.5. The van der Waals surface area contributed by atoms with Crippen LogP contribution in [0.15, 0.2) is 42.5 Å². The Bertz CT molecular complexity index is 827. The van der Waals surface area contributed by atoms with Gasteiger partial charge >= 0.3 is 0 Å². The number of hydrogen-bond donors (Lipinski definition) is 1. The molecule has 1 aliphatic rings. The van der Waals surface area contributed by atoms with Gasteiger partial charge in [-0.15, -0.1) is 0 Å². The predicted octanol–water partition coefficient (Wildman–Crippen LogP) is 3.77. The van der Waals surface area contributed by atoms with Crippen LogP contribution in [0.4, 0.5) is 15.8 Å². The highest BCUT2D eigenvalue weighted by molar-refractivity contribution is 6.30. The molecular formula is C21H25ClFN3O2. The normalized spacial score (nSPS) is 15.5. The summed E-state index contributed by atoms with van der Waals surface area (Å²) in [4.78, 5) is 16.8. The van der Waals surface area contributed by atoms with Crippen molar-refractivity contribution in [1.82, 2.24) is 4.90 Å². The molecular weight excluding hydrogens is 381 g/mol. The lowest BCUT2D eigenvalue weighted by atomic mass is 10.1. The van der Waals surface area contributed by atoms with E-state index < -0.39 is 11.9 Å². The topological polar surface area (TPSA) is 44.8 Å². The van der Waals surface area contributed by atoms with E-state index in [1.807, 2.05) is 24.1 Å². The third kappa shape index (κ3) is 5.01. The van der Waals surface area contributed by atoms with Gasteiger partial charge < -0.3 is 15.0 Å². The fourth-order valence-electron chi connectivity index (χ4n) is 3.19. The summed E-state index contributed by atoms with van der Waals surface area (Å²) in [5.41, 5.74) is 2.43. The number of halogens is 2. The van der Waals surface area contributed by atoms with Crippen molar-refractivity contribution < 1.29 is 13.9 Å². The Morgan fingerprint density at radius 1 is 1.29 bits per heavy atom. The molecule has 28 heavy (non-hydrogen) atoms. The van der Waals surface area contributed by atoms with Gasteiger partial charge in [0.1, 0.15) is 5.82 Å². The number of likely N-dealkylation sites (N-methyl/N-ethyl adjacent to an activating group) is 1. The number of amides is 1. The molecule has 2 aromatic carbocycles. The van der Waals surface area contributed by atoms with Crippen LogP contribution in [0.1, 0.15) is 12.5 Å². The summed E-state index contributed by atoms with van der Waals surface area (Å²) in [6.07, 6.45) is 0.